The molecule has 2 amide bonds. The molecule has 0 bridgehead atoms. The number of methoxy groups -OCH3 is 1. The van der Waals surface area contributed by atoms with E-state index in [1.54, 1.807) is 13.2 Å². The van der Waals surface area contributed by atoms with Crippen molar-refractivity contribution in [1.29, 1.82) is 0 Å². The summed E-state index contributed by atoms with van der Waals surface area (Å²) < 4.78 is 5.95. The predicted molar refractivity (Wildman–Crippen MR) is 118 cm³/mol. The molecule has 0 aliphatic heterocycles. The highest BCUT2D eigenvalue weighted by molar-refractivity contribution is 8.01. The van der Waals surface area contributed by atoms with Crippen LogP contribution in [0, 0.1) is 0 Å². The zero-order chi connectivity index (χ0) is 20.5. The Labute approximate surface area is 179 Å². The monoisotopic (exact) mass is 433 g/mol. The number of rotatable bonds is 8. The maximum Gasteiger partial charge on any atom is 0.234 e. The summed E-state index contributed by atoms with van der Waals surface area (Å²) >= 11 is 2.84. The van der Waals surface area contributed by atoms with E-state index in [9.17, 15) is 9.59 Å². The lowest BCUT2D eigenvalue weighted by molar-refractivity contribution is -0.121. The fraction of sp³-hybridized carbons (Fsp3) is 0.476. The van der Waals surface area contributed by atoms with Gasteiger partial charge in [0, 0.05) is 23.2 Å². The van der Waals surface area contributed by atoms with Gasteiger partial charge in [-0.2, -0.15) is 0 Å². The van der Waals surface area contributed by atoms with Crippen molar-refractivity contribution >= 4 is 40.6 Å². The summed E-state index contributed by atoms with van der Waals surface area (Å²) in [5, 5.41) is 7.90. The number of carbonyl (C=O) groups is 2. The predicted octanol–water partition coefficient (Wildman–Crippen LogP) is 4.26. The molecule has 1 fully saturated rings. The van der Waals surface area contributed by atoms with Gasteiger partial charge in [0.2, 0.25) is 11.8 Å². The Kier molecular flexibility index (Phi) is 8.37. The lowest BCUT2D eigenvalue weighted by Crippen LogP contribution is -2.35. The molecule has 2 N–H and O–H groups in total. The fourth-order valence-electron chi connectivity index (χ4n) is 3.33. The number of nitrogens with zero attached hydrogens (tertiary/aromatic N) is 1. The highest BCUT2D eigenvalue weighted by Gasteiger charge is 2.16. The molecule has 1 saturated carbocycles. The Morgan fingerprint density at radius 3 is 2.76 bits per heavy atom. The summed E-state index contributed by atoms with van der Waals surface area (Å²) in [6.07, 6.45) is 7.37. The van der Waals surface area contributed by atoms with E-state index < -0.39 is 0 Å². The molecule has 0 spiro atoms. The van der Waals surface area contributed by atoms with Crippen LogP contribution in [0.1, 0.15) is 44.2 Å². The minimum absolute atomic E-state index is 0.0366. The van der Waals surface area contributed by atoms with Crippen LogP contribution in [-0.4, -0.2) is 35.7 Å². The summed E-state index contributed by atoms with van der Waals surface area (Å²) in [5.41, 5.74) is 1.46. The number of aromatic nitrogens is 1. The molecule has 1 heterocycles. The van der Waals surface area contributed by atoms with Gasteiger partial charge < -0.3 is 15.4 Å². The lowest BCUT2D eigenvalue weighted by Gasteiger charge is -2.15. The third-order valence-electron chi connectivity index (χ3n) is 4.77. The highest BCUT2D eigenvalue weighted by atomic mass is 32.2. The van der Waals surface area contributed by atoms with Crippen molar-refractivity contribution in [3.63, 3.8) is 0 Å². The standard InChI is InChI=1S/C21H27N3O3S2/c1-27-18-10-6-9-16(11-18)23-20(26)14-29-21-24-17(13-28-21)12-19(25)22-15-7-4-2-3-5-8-15/h6,9-11,13,15H,2-5,7-8,12,14H2,1H3,(H,22,25)(H,23,26). The third kappa shape index (κ3) is 7.36. The Morgan fingerprint density at radius 2 is 2.00 bits per heavy atom. The van der Waals surface area contributed by atoms with Crippen LogP contribution in [0.3, 0.4) is 0 Å². The first-order chi connectivity index (χ1) is 14.1. The van der Waals surface area contributed by atoms with E-state index in [2.05, 4.69) is 15.6 Å². The Balaban J connectivity index is 1.42. The largest absolute Gasteiger partial charge is 0.497 e. The number of ether oxygens (including phenoxy) is 1. The van der Waals surface area contributed by atoms with Gasteiger partial charge in [0.25, 0.3) is 0 Å². The van der Waals surface area contributed by atoms with E-state index in [0.29, 0.717) is 23.9 Å². The van der Waals surface area contributed by atoms with Crippen LogP contribution in [0.5, 0.6) is 5.75 Å². The highest BCUT2D eigenvalue weighted by Crippen LogP contribution is 2.24. The van der Waals surface area contributed by atoms with Gasteiger partial charge in [-0.15, -0.1) is 11.3 Å². The van der Waals surface area contributed by atoms with Gasteiger partial charge in [0.1, 0.15) is 5.75 Å². The normalized spacial score (nSPS) is 14.8. The van der Waals surface area contributed by atoms with E-state index in [1.807, 2.05) is 23.6 Å². The number of thiazole rings is 1. The molecule has 0 unspecified atom stereocenters. The number of hydrogen-bond donors (Lipinski definition) is 2. The molecule has 1 aromatic carbocycles. The summed E-state index contributed by atoms with van der Waals surface area (Å²) in [7, 11) is 1.59. The Morgan fingerprint density at radius 1 is 1.21 bits per heavy atom. The van der Waals surface area contributed by atoms with Crippen LogP contribution in [0.25, 0.3) is 0 Å². The number of anilines is 1. The molecular weight excluding hydrogens is 406 g/mol. The maximum atomic E-state index is 12.3. The number of carbonyl (C=O) groups excluding carboxylic acids is 2. The van der Waals surface area contributed by atoms with E-state index in [4.69, 9.17) is 4.74 Å². The number of hydrogen-bond acceptors (Lipinski definition) is 6. The van der Waals surface area contributed by atoms with Crippen molar-refractivity contribution in [3.8, 4) is 5.75 Å². The first-order valence-corrected chi connectivity index (χ1v) is 11.8. The average Bonchev–Trinajstić information content (AvgIpc) is 3.00. The Hall–Kier alpha value is -2.06. The van der Waals surface area contributed by atoms with E-state index in [0.717, 1.165) is 22.9 Å². The molecule has 156 valence electrons. The van der Waals surface area contributed by atoms with Gasteiger partial charge in [-0.25, -0.2) is 4.98 Å². The van der Waals surface area contributed by atoms with Crippen LogP contribution < -0.4 is 15.4 Å². The molecule has 6 nitrogen and oxygen atoms in total. The molecule has 29 heavy (non-hydrogen) atoms. The fourth-order valence-corrected chi connectivity index (χ4v) is 4.97. The number of thioether (sulfide) groups is 1. The maximum absolute atomic E-state index is 12.3. The van der Waals surface area contributed by atoms with Crippen molar-refractivity contribution in [1.82, 2.24) is 10.3 Å². The zero-order valence-corrected chi connectivity index (χ0v) is 18.2. The molecule has 0 radical (unpaired) electrons. The van der Waals surface area contributed by atoms with Crippen LogP contribution in [0.2, 0.25) is 0 Å². The molecule has 1 aromatic heterocycles. The lowest BCUT2D eigenvalue weighted by atomic mass is 10.1. The van der Waals surface area contributed by atoms with Crippen molar-refractivity contribution in [2.24, 2.45) is 0 Å². The van der Waals surface area contributed by atoms with Crippen LogP contribution in [0.15, 0.2) is 34.0 Å². The van der Waals surface area contributed by atoms with E-state index >= 15 is 0 Å². The van der Waals surface area contributed by atoms with Crippen LogP contribution in [-0.2, 0) is 16.0 Å². The summed E-state index contributed by atoms with van der Waals surface area (Å²) in [6.45, 7) is 0. The smallest absolute Gasteiger partial charge is 0.234 e. The van der Waals surface area contributed by atoms with E-state index in [-0.39, 0.29) is 17.6 Å². The molecule has 0 saturated heterocycles. The number of nitrogens with one attached hydrogen (secondary N) is 2. The quantitative estimate of drug-likeness (QED) is 0.480. The summed E-state index contributed by atoms with van der Waals surface area (Å²) in [6, 6.07) is 7.55. The van der Waals surface area contributed by atoms with Crippen LogP contribution >= 0.6 is 23.1 Å². The Bertz CT molecular complexity index is 817. The summed E-state index contributed by atoms with van der Waals surface area (Å²) in [4.78, 5) is 28.9. The van der Waals surface area contributed by atoms with Crippen molar-refractivity contribution < 1.29 is 14.3 Å². The van der Waals surface area contributed by atoms with Gasteiger partial charge in [-0.05, 0) is 25.0 Å². The topological polar surface area (TPSA) is 80.3 Å². The molecule has 3 rings (SSSR count). The second-order valence-corrected chi connectivity index (χ2v) is 9.19. The first kappa shape index (κ1) is 21.6. The van der Waals surface area contributed by atoms with Gasteiger partial charge in [-0.1, -0.05) is 43.5 Å². The van der Waals surface area contributed by atoms with E-state index in [1.165, 1.54) is 48.8 Å². The number of benzene rings is 1. The molecule has 2 aromatic rings. The summed E-state index contributed by atoms with van der Waals surface area (Å²) in [5.74, 6) is 0.890. The van der Waals surface area contributed by atoms with Gasteiger partial charge in [0.05, 0.1) is 25.0 Å². The van der Waals surface area contributed by atoms with Crippen molar-refractivity contribution in [2.75, 3.05) is 18.2 Å². The number of amides is 2. The minimum atomic E-state index is -0.105. The zero-order valence-electron chi connectivity index (χ0n) is 16.6. The molecular formula is C21H27N3O3S2. The average molecular weight is 434 g/mol. The minimum Gasteiger partial charge on any atom is -0.497 e. The molecule has 8 heteroatoms. The van der Waals surface area contributed by atoms with Crippen molar-refractivity contribution in [2.45, 2.75) is 55.3 Å². The van der Waals surface area contributed by atoms with Crippen LogP contribution in [0.4, 0.5) is 5.69 Å². The second-order valence-electron chi connectivity index (χ2n) is 7.11. The van der Waals surface area contributed by atoms with Gasteiger partial charge in [0.15, 0.2) is 4.34 Å². The molecule has 1 aliphatic carbocycles. The van der Waals surface area contributed by atoms with Gasteiger partial charge in [-0.3, -0.25) is 9.59 Å². The first-order valence-electron chi connectivity index (χ1n) is 9.93. The SMILES string of the molecule is COc1cccc(NC(=O)CSc2nc(CC(=O)NC3CCCCCC3)cs2)c1. The van der Waals surface area contributed by atoms with Gasteiger partial charge >= 0.3 is 0 Å². The second kappa shape index (κ2) is 11.2. The molecule has 0 atom stereocenters. The van der Waals surface area contributed by atoms with Crippen molar-refractivity contribution in [3.05, 3.63) is 35.3 Å². The third-order valence-corrected chi connectivity index (χ3v) is 6.84. The molecule has 1 aliphatic rings.